The van der Waals surface area contributed by atoms with Crippen LogP contribution in [0.15, 0.2) is 18.2 Å². The van der Waals surface area contributed by atoms with E-state index in [4.69, 9.17) is 9.84 Å². The monoisotopic (exact) mass is 263 g/mol. The quantitative estimate of drug-likeness (QED) is 0.827. The maximum Gasteiger partial charge on any atom is 0.303 e. The normalized spacial score (nSPS) is 21.8. The third-order valence-corrected chi connectivity index (χ3v) is 3.72. The van der Waals surface area contributed by atoms with Crippen LogP contribution in [0.3, 0.4) is 0 Å². The molecule has 4 heteroatoms. The third kappa shape index (κ3) is 3.70. The zero-order valence-electron chi connectivity index (χ0n) is 11.5. The number of methoxy groups -OCH3 is 1. The van der Waals surface area contributed by atoms with Crippen LogP contribution < -0.4 is 10.1 Å². The molecule has 104 valence electrons. The molecule has 0 aliphatic heterocycles. The Balaban J connectivity index is 1.81. The fraction of sp³-hybridized carbons (Fsp3) is 0.533. The van der Waals surface area contributed by atoms with Gasteiger partial charge in [0.15, 0.2) is 0 Å². The largest absolute Gasteiger partial charge is 0.496 e. The molecule has 0 amide bonds. The van der Waals surface area contributed by atoms with Crippen LogP contribution in [0.25, 0.3) is 0 Å². The van der Waals surface area contributed by atoms with Gasteiger partial charge in [-0.3, -0.25) is 4.79 Å². The summed E-state index contributed by atoms with van der Waals surface area (Å²) in [7, 11) is 1.68. The maximum absolute atomic E-state index is 10.6. The molecule has 2 rings (SSSR count). The van der Waals surface area contributed by atoms with E-state index < -0.39 is 5.97 Å². The molecule has 0 radical (unpaired) electrons. The van der Waals surface area contributed by atoms with Crippen LogP contribution in [-0.4, -0.2) is 24.2 Å². The summed E-state index contributed by atoms with van der Waals surface area (Å²) in [5, 5.41) is 12.2. The molecule has 4 nitrogen and oxygen atoms in total. The molecule has 1 aromatic carbocycles. The van der Waals surface area contributed by atoms with Crippen LogP contribution in [0.2, 0.25) is 0 Å². The van der Waals surface area contributed by atoms with Gasteiger partial charge in [0.2, 0.25) is 0 Å². The minimum absolute atomic E-state index is 0.298. The van der Waals surface area contributed by atoms with Crippen LogP contribution in [0, 0.1) is 12.8 Å². The van der Waals surface area contributed by atoms with Crippen LogP contribution in [0.5, 0.6) is 5.75 Å². The van der Waals surface area contributed by atoms with E-state index >= 15 is 0 Å². The van der Waals surface area contributed by atoms with Crippen molar-refractivity contribution in [3.05, 3.63) is 29.3 Å². The van der Waals surface area contributed by atoms with Gasteiger partial charge in [0.05, 0.1) is 7.11 Å². The van der Waals surface area contributed by atoms with Gasteiger partial charge < -0.3 is 15.2 Å². The predicted octanol–water partition coefficient (Wildman–Crippen LogP) is 2.35. The number of nitrogens with one attached hydrogen (secondary N) is 1. The lowest BCUT2D eigenvalue weighted by atomic mass is 9.78. The van der Waals surface area contributed by atoms with Crippen molar-refractivity contribution >= 4 is 5.97 Å². The van der Waals surface area contributed by atoms with E-state index in [1.807, 2.05) is 12.1 Å². The van der Waals surface area contributed by atoms with Gasteiger partial charge in [-0.25, -0.2) is 0 Å². The molecule has 0 unspecified atom stereocenters. The molecule has 0 bridgehead atoms. The van der Waals surface area contributed by atoms with Gasteiger partial charge in [-0.15, -0.1) is 0 Å². The topological polar surface area (TPSA) is 58.6 Å². The van der Waals surface area contributed by atoms with Gasteiger partial charge in [-0.1, -0.05) is 17.7 Å². The Morgan fingerprint density at radius 3 is 2.84 bits per heavy atom. The second kappa shape index (κ2) is 6.06. The number of carboxylic acids is 1. The molecular weight excluding hydrogens is 242 g/mol. The van der Waals surface area contributed by atoms with E-state index in [-0.39, 0.29) is 0 Å². The van der Waals surface area contributed by atoms with Gasteiger partial charge in [0.1, 0.15) is 5.75 Å². The molecule has 1 aromatic rings. The van der Waals surface area contributed by atoms with E-state index in [1.54, 1.807) is 7.11 Å². The number of benzene rings is 1. The molecule has 0 spiro atoms. The van der Waals surface area contributed by atoms with Crippen molar-refractivity contribution in [3.63, 3.8) is 0 Å². The van der Waals surface area contributed by atoms with E-state index in [0.29, 0.717) is 18.4 Å². The van der Waals surface area contributed by atoms with Crippen molar-refractivity contribution in [1.29, 1.82) is 0 Å². The SMILES string of the molecule is COc1ccc(C)cc1CNC1CC(CC(=O)O)C1. The lowest BCUT2D eigenvalue weighted by Crippen LogP contribution is -2.41. The van der Waals surface area contributed by atoms with Gasteiger partial charge >= 0.3 is 5.97 Å². The Kier molecular flexibility index (Phi) is 4.43. The Hall–Kier alpha value is -1.55. The minimum Gasteiger partial charge on any atom is -0.496 e. The molecule has 1 saturated carbocycles. The number of rotatable bonds is 6. The first-order valence-electron chi connectivity index (χ1n) is 6.67. The molecule has 0 heterocycles. The number of hydrogen-bond donors (Lipinski definition) is 2. The Bertz CT molecular complexity index is 453. The number of aryl methyl sites for hydroxylation is 1. The van der Waals surface area contributed by atoms with Gasteiger partial charge in [-0.05, 0) is 31.7 Å². The first-order valence-corrected chi connectivity index (χ1v) is 6.67. The summed E-state index contributed by atoms with van der Waals surface area (Å²) in [6, 6.07) is 6.59. The number of aliphatic carboxylic acids is 1. The van der Waals surface area contributed by atoms with Crippen LogP contribution >= 0.6 is 0 Å². The smallest absolute Gasteiger partial charge is 0.303 e. The number of hydrogen-bond acceptors (Lipinski definition) is 3. The highest BCUT2D eigenvalue weighted by molar-refractivity contribution is 5.67. The fourth-order valence-electron chi connectivity index (χ4n) is 2.62. The highest BCUT2D eigenvalue weighted by Gasteiger charge is 2.30. The van der Waals surface area contributed by atoms with E-state index in [9.17, 15) is 4.79 Å². The first-order chi connectivity index (χ1) is 9.08. The predicted molar refractivity (Wildman–Crippen MR) is 73.3 cm³/mol. The van der Waals surface area contributed by atoms with Gasteiger partial charge in [0, 0.05) is 24.6 Å². The van der Waals surface area contributed by atoms with Crippen molar-refractivity contribution in [1.82, 2.24) is 5.32 Å². The summed E-state index contributed by atoms with van der Waals surface area (Å²) in [6.07, 6.45) is 2.22. The summed E-state index contributed by atoms with van der Waals surface area (Å²) in [6.45, 7) is 2.84. The van der Waals surface area contributed by atoms with E-state index in [1.165, 1.54) is 5.56 Å². The second-order valence-corrected chi connectivity index (χ2v) is 5.33. The summed E-state index contributed by atoms with van der Waals surface area (Å²) in [4.78, 5) is 10.6. The van der Waals surface area contributed by atoms with Crippen LogP contribution in [0.1, 0.15) is 30.4 Å². The molecule has 0 aromatic heterocycles. The first kappa shape index (κ1) is 13.9. The third-order valence-electron chi connectivity index (χ3n) is 3.72. The molecule has 1 aliphatic rings. The zero-order chi connectivity index (χ0) is 13.8. The molecule has 1 fully saturated rings. The zero-order valence-corrected chi connectivity index (χ0v) is 11.5. The van der Waals surface area contributed by atoms with Crippen LogP contribution in [0.4, 0.5) is 0 Å². The summed E-state index contributed by atoms with van der Waals surface area (Å²) in [5.74, 6) is 0.553. The van der Waals surface area contributed by atoms with Crippen molar-refractivity contribution in [2.45, 2.75) is 38.8 Å². The number of carbonyl (C=O) groups is 1. The minimum atomic E-state index is -0.691. The molecule has 1 aliphatic carbocycles. The Labute approximate surface area is 113 Å². The van der Waals surface area contributed by atoms with Crippen molar-refractivity contribution < 1.29 is 14.6 Å². The number of carboxylic acid groups (broad SMARTS) is 1. The Morgan fingerprint density at radius 2 is 2.21 bits per heavy atom. The lowest BCUT2D eigenvalue weighted by Gasteiger charge is -2.35. The second-order valence-electron chi connectivity index (χ2n) is 5.33. The van der Waals surface area contributed by atoms with Gasteiger partial charge in [0.25, 0.3) is 0 Å². The Morgan fingerprint density at radius 1 is 1.47 bits per heavy atom. The molecule has 0 atom stereocenters. The average Bonchev–Trinajstić information content (AvgIpc) is 2.31. The molecular formula is C15H21NO3. The van der Waals surface area contributed by atoms with Crippen molar-refractivity contribution in [3.8, 4) is 5.75 Å². The highest BCUT2D eigenvalue weighted by Crippen LogP contribution is 2.31. The average molecular weight is 263 g/mol. The maximum atomic E-state index is 10.6. The van der Waals surface area contributed by atoms with Crippen molar-refractivity contribution in [2.75, 3.05) is 7.11 Å². The molecule has 0 saturated heterocycles. The summed E-state index contributed by atoms with van der Waals surface area (Å²) < 4.78 is 5.34. The standard InChI is InChI=1S/C15H21NO3/c1-10-3-4-14(19-2)12(5-10)9-16-13-6-11(7-13)8-15(17)18/h3-5,11,13,16H,6-9H2,1-2H3,(H,17,18). The van der Waals surface area contributed by atoms with E-state index in [0.717, 1.165) is 30.7 Å². The van der Waals surface area contributed by atoms with Crippen LogP contribution in [-0.2, 0) is 11.3 Å². The van der Waals surface area contributed by atoms with E-state index in [2.05, 4.69) is 18.3 Å². The lowest BCUT2D eigenvalue weighted by molar-refractivity contribution is -0.138. The molecule has 19 heavy (non-hydrogen) atoms. The van der Waals surface area contributed by atoms with Crippen molar-refractivity contribution in [2.24, 2.45) is 5.92 Å². The molecule has 2 N–H and O–H groups in total. The fourth-order valence-corrected chi connectivity index (χ4v) is 2.62. The van der Waals surface area contributed by atoms with Gasteiger partial charge in [-0.2, -0.15) is 0 Å². The number of ether oxygens (including phenoxy) is 1. The summed E-state index contributed by atoms with van der Waals surface area (Å²) >= 11 is 0. The summed E-state index contributed by atoms with van der Waals surface area (Å²) in [5.41, 5.74) is 2.37. The highest BCUT2D eigenvalue weighted by atomic mass is 16.5.